The second-order valence-electron chi connectivity index (χ2n) is 5.55. The minimum atomic E-state index is -0.842. The molecule has 2 heterocycles. The van der Waals surface area contributed by atoms with E-state index in [9.17, 15) is 9.59 Å². The van der Waals surface area contributed by atoms with Gasteiger partial charge in [0.15, 0.2) is 0 Å². The summed E-state index contributed by atoms with van der Waals surface area (Å²) >= 11 is 0. The number of rotatable bonds is 3. The Bertz CT molecular complexity index is 682. The summed E-state index contributed by atoms with van der Waals surface area (Å²) in [4.78, 5) is 24.9. The molecule has 1 aromatic carbocycles. The minimum Gasteiger partial charge on any atom is -0.481 e. The Morgan fingerprint density at radius 3 is 2.70 bits per heavy atom. The van der Waals surface area contributed by atoms with Gasteiger partial charge < -0.3 is 15.3 Å². The predicted octanol–water partition coefficient (Wildman–Crippen LogP) is 2.20. The Kier molecular flexibility index (Phi) is 4.27. The lowest BCUT2D eigenvalue weighted by atomic mass is 9.99. The van der Waals surface area contributed by atoms with E-state index in [1.807, 2.05) is 24.4 Å². The van der Waals surface area contributed by atoms with Gasteiger partial charge in [0.2, 0.25) is 0 Å². The summed E-state index contributed by atoms with van der Waals surface area (Å²) in [7, 11) is 0. The quantitative estimate of drug-likeness (QED) is 0.909. The lowest BCUT2D eigenvalue weighted by Crippen LogP contribution is -2.44. The molecule has 0 aliphatic carbocycles. The third-order valence-electron chi connectivity index (χ3n) is 3.95. The van der Waals surface area contributed by atoms with Crippen molar-refractivity contribution in [1.29, 1.82) is 0 Å². The summed E-state index contributed by atoms with van der Waals surface area (Å²) in [6.07, 6.45) is 4.87. The SMILES string of the molecule is O=C(O)C1CCCN(C(=O)Nc2ccc(-n3cccn3)cc2)C1. The molecule has 0 radical (unpaired) electrons. The first-order chi connectivity index (χ1) is 11.1. The first-order valence-electron chi connectivity index (χ1n) is 7.52. The van der Waals surface area contributed by atoms with Gasteiger partial charge in [-0.15, -0.1) is 0 Å². The fourth-order valence-corrected chi connectivity index (χ4v) is 2.68. The van der Waals surface area contributed by atoms with Gasteiger partial charge in [-0.25, -0.2) is 9.48 Å². The molecule has 2 aromatic rings. The number of amides is 2. The predicted molar refractivity (Wildman–Crippen MR) is 84.5 cm³/mol. The number of urea groups is 1. The average Bonchev–Trinajstić information content (AvgIpc) is 3.10. The van der Waals surface area contributed by atoms with Crippen LogP contribution in [0.15, 0.2) is 42.7 Å². The summed E-state index contributed by atoms with van der Waals surface area (Å²) in [5.41, 5.74) is 1.57. The van der Waals surface area contributed by atoms with Gasteiger partial charge in [0.1, 0.15) is 0 Å². The summed E-state index contributed by atoms with van der Waals surface area (Å²) in [5.74, 6) is -1.32. The number of hydrogen-bond acceptors (Lipinski definition) is 3. The topological polar surface area (TPSA) is 87.5 Å². The highest BCUT2D eigenvalue weighted by molar-refractivity contribution is 5.89. The van der Waals surface area contributed by atoms with E-state index in [2.05, 4.69) is 10.4 Å². The van der Waals surface area contributed by atoms with Crippen LogP contribution in [-0.2, 0) is 4.79 Å². The molecule has 3 rings (SSSR count). The molecule has 1 saturated heterocycles. The zero-order valence-corrected chi connectivity index (χ0v) is 12.6. The van der Waals surface area contributed by atoms with Crippen LogP contribution in [0.5, 0.6) is 0 Å². The van der Waals surface area contributed by atoms with Crippen molar-refractivity contribution >= 4 is 17.7 Å². The molecule has 2 amide bonds. The van der Waals surface area contributed by atoms with Crippen LogP contribution in [-0.4, -0.2) is 44.9 Å². The fourth-order valence-electron chi connectivity index (χ4n) is 2.68. The van der Waals surface area contributed by atoms with Gasteiger partial charge in [0.05, 0.1) is 11.6 Å². The number of anilines is 1. The number of nitrogens with zero attached hydrogens (tertiary/aromatic N) is 3. The monoisotopic (exact) mass is 314 g/mol. The van der Waals surface area contributed by atoms with E-state index in [4.69, 9.17) is 5.11 Å². The molecule has 23 heavy (non-hydrogen) atoms. The molecule has 0 spiro atoms. The number of benzene rings is 1. The van der Waals surface area contributed by atoms with Crippen LogP contribution in [0.4, 0.5) is 10.5 Å². The maximum Gasteiger partial charge on any atom is 0.321 e. The number of carboxylic acid groups (broad SMARTS) is 1. The molecule has 2 N–H and O–H groups in total. The number of nitrogens with one attached hydrogen (secondary N) is 1. The number of aliphatic carboxylic acids is 1. The lowest BCUT2D eigenvalue weighted by Gasteiger charge is -2.30. The molecule has 1 aliphatic rings. The second-order valence-corrected chi connectivity index (χ2v) is 5.55. The minimum absolute atomic E-state index is 0.256. The van der Waals surface area contributed by atoms with E-state index in [1.54, 1.807) is 27.9 Å². The van der Waals surface area contributed by atoms with E-state index in [-0.39, 0.29) is 12.6 Å². The van der Waals surface area contributed by atoms with Crippen LogP contribution in [0, 0.1) is 5.92 Å². The van der Waals surface area contributed by atoms with Crippen LogP contribution in [0.2, 0.25) is 0 Å². The van der Waals surface area contributed by atoms with E-state index in [0.29, 0.717) is 25.1 Å². The molecule has 0 bridgehead atoms. The smallest absolute Gasteiger partial charge is 0.321 e. The maximum atomic E-state index is 12.3. The number of carboxylic acids is 1. The zero-order valence-electron chi connectivity index (χ0n) is 12.6. The van der Waals surface area contributed by atoms with E-state index < -0.39 is 11.9 Å². The van der Waals surface area contributed by atoms with Crippen LogP contribution in [0.1, 0.15) is 12.8 Å². The van der Waals surface area contributed by atoms with Crippen molar-refractivity contribution in [3.05, 3.63) is 42.7 Å². The van der Waals surface area contributed by atoms with Gasteiger partial charge >= 0.3 is 12.0 Å². The van der Waals surface area contributed by atoms with Gasteiger partial charge in [-0.1, -0.05) is 0 Å². The molecule has 1 fully saturated rings. The van der Waals surface area contributed by atoms with Gasteiger partial charge in [-0.05, 0) is 43.2 Å². The highest BCUT2D eigenvalue weighted by Gasteiger charge is 2.28. The summed E-state index contributed by atoms with van der Waals surface area (Å²) < 4.78 is 1.73. The maximum absolute atomic E-state index is 12.3. The van der Waals surface area contributed by atoms with Crippen molar-refractivity contribution in [3.63, 3.8) is 0 Å². The van der Waals surface area contributed by atoms with Crippen LogP contribution in [0.3, 0.4) is 0 Å². The number of hydrogen-bond donors (Lipinski definition) is 2. The Balaban J connectivity index is 1.62. The number of piperidine rings is 1. The first kappa shape index (κ1) is 15.1. The molecular formula is C16H18N4O3. The zero-order chi connectivity index (χ0) is 16.2. The largest absolute Gasteiger partial charge is 0.481 e. The van der Waals surface area contributed by atoms with Gasteiger partial charge in [-0.3, -0.25) is 4.79 Å². The molecule has 120 valence electrons. The molecular weight excluding hydrogens is 296 g/mol. The third kappa shape index (κ3) is 3.50. The second kappa shape index (κ2) is 6.51. The van der Waals surface area contributed by atoms with Crippen molar-refractivity contribution in [2.75, 3.05) is 18.4 Å². The van der Waals surface area contributed by atoms with Gasteiger partial charge in [-0.2, -0.15) is 5.10 Å². The molecule has 1 aromatic heterocycles. The molecule has 1 atom stereocenters. The van der Waals surface area contributed by atoms with E-state index in [0.717, 1.165) is 5.69 Å². The number of likely N-dealkylation sites (tertiary alicyclic amines) is 1. The Morgan fingerprint density at radius 1 is 1.26 bits per heavy atom. The summed E-state index contributed by atoms with van der Waals surface area (Å²) in [6, 6.07) is 8.90. The normalized spacial score (nSPS) is 17.7. The number of carbonyl (C=O) groups is 2. The molecule has 7 nitrogen and oxygen atoms in total. The number of carbonyl (C=O) groups excluding carboxylic acids is 1. The highest BCUT2D eigenvalue weighted by atomic mass is 16.4. The standard InChI is InChI=1S/C16H18N4O3/c21-15(22)12-3-1-9-19(11-12)16(23)18-13-4-6-14(7-5-13)20-10-2-8-17-20/h2,4-8,10,12H,1,3,9,11H2,(H,18,23)(H,21,22). The fraction of sp³-hybridized carbons (Fsp3) is 0.312. The highest BCUT2D eigenvalue weighted by Crippen LogP contribution is 2.18. The van der Waals surface area contributed by atoms with Gasteiger partial charge in [0.25, 0.3) is 0 Å². The molecule has 1 unspecified atom stereocenters. The van der Waals surface area contributed by atoms with Crippen molar-refractivity contribution in [3.8, 4) is 5.69 Å². The van der Waals surface area contributed by atoms with Crippen molar-refractivity contribution in [2.45, 2.75) is 12.8 Å². The Morgan fingerprint density at radius 2 is 2.04 bits per heavy atom. The number of aromatic nitrogens is 2. The Hall–Kier alpha value is -2.83. The molecule has 0 saturated carbocycles. The average molecular weight is 314 g/mol. The van der Waals surface area contributed by atoms with Crippen LogP contribution >= 0.6 is 0 Å². The van der Waals surface area contributed by atoms with Crippen LogP contribution < -0.4 is 5.32 Å². The summed E-state index contributed by atoms with van der Waals surface area (Å²) in [6.45, 7) is 0.841. The molecule has 7 heteroatoms. The van der Waals surface area contributed by atoms with E-state index >= 15 is 0 Å². The van der Waals surface area contributed by atoms with Gasteiger partial charge in [0, 0.05) is 31.2 Å². The van der Waals surface area contributed by atoms with E-state index in [1.165, 1.54) is 0 Å². The third-order valence-corrected chi connectivity index (χ3v) is 3.95. The molecule has 1 aliphatic heterocycles. The lowest BCUT2D eigenvalue weighted by molar-refractivity contribution is -0.143. The van der Waals surface area contributed by atoms with Crippen molar-refractivity contribution in [2.24, 2.45) is 5.92 Å². The van der Waals surface area contributed by atoms with Crippen molar-refractivity contribution < 1.29 is 14.7 Å². The van der Waals surface area contributed by atoms with Crippen molar-refractivity contribution in [1.82, 2.24) is 14.7 Å². The summed E-state index contributed by atoms with van der Waals surface area (Å²) in [5, 5.41) is 16.0. The van der Waals surface area contributed by atoms with Crippen LogP contribution in [0.25, 0.3) is 5.69 Å². The first-order valence-corrected chi connectivity index (χ1v) is 7.52. The Labute approximate surface area is 133 Å².